The van der Waals surface area contributed by atoms with Crippen LogP contribution in [0.2, 0.25) is 0 Å². The zero-order valence-corrected chi connectivity index (χ0v) is 23.1. The van der Waals surface area contributed by atoms with Crippen LogP contribution < -0.4 is 16.4 Å². The molecule has 3 unspecified atom stereocenters. The van der Waals surface area contributed by atoms with E-state index in [0.29, 0.717) is 29.2 Å². The lowest BCUT2D eigenvalue weighted by molar-refractivity contribution is -0.137. The van der Waals surface area contributed by atoms with Gasteiger partial charge in [-0.05, 0) is 56.4 Å². The van der Waals surface area contributed by atoms with Gasteiger partial charge in [-0.2, -0.15) is 13.2 Å². The predicted octanol–water partition coefficient (Wildman–Crippen LogP) is 4.97. The second-order valence-electron chi connectivity index (χ2n) is 10.9. The van der Waals surface area contributed by atoms with Crippen LogP contribution in [0.5, 0.6) is 0 Å². The molecule has 2 fully saturated rings. The van der Waals surface area contributed by atoms with Crippen molar-refractivity contribution in [2.45, 2.75) is 62.8 Å². The zero-order valence-electron chi connectivity index (χ0n) is 23.1. The third kappa shape index (κ3) is 6.03. The summed E-state index contributed by atoms with van der Waals surface area (Å²) in [5, 5.41) is 5.58. The van der Waals surface area contributed by atoms with E-state index in [9.17, 15) is 22.8 Å². The van der Waals surface area contributed by atoms with E-state index in [1.54, 1.807) is 30.5 Å². The largest absolute Gasteiger partial charge is 0.416 e. The molecule has 10 nitrogen and oxygen atoms in total. The zero-order chi connectivity index (χ0) is 30.1. The molecule has 0 radical (unpaired) electrons. The molecule has 1 aromatic carbocycles. The Balaban J connectivity index is 1.23. The summed E-state index contributed by atoms with van der Waals surface area (Å²) in [6.45, 7) is 0.613. The van der Waals surface area contributed by atoms with Crippen molar-refractivity contribution < 1.29 is 27.5 Å². The number of nitrogens with zero attached hydrogens (tertiary/aromatic N) is 4. The first-order valence-corrected chi connectivity index (χ1v) is 14.2. The molecular formula is C30H30F3N7O3. The number of ether oxygens (including phenoxy) is 1. The quantitative estimate of drug-likeness (QED) is 0.287. The van der Waals surface area contributed by atoms with E-state index in [0.717, 1.165) is 62.7 Å². The maximum absolute atomic E-state index is 13.0. The van der Waals surface area contributed by atoms with Crippen LogP contribution >= 0.6 is 0 Å². The number of fused-ring (bicyclic) bond motifs is 1. The van der Waals surface area contributed by atoms with Gasteiger partial charge in [-0.15, -0.1) is 0 Å². The van der Waals surface area contributed by atoms with Gasteiger partial charge in [0.2, 0.25) is 5.91 Å². The summed E-state index contributed by atoms with van der Waals surface area (Å²) in [5.74, 6) is 0.314. The van der Waals surface area contributed by atoms with E-state index in [1.165, 1.54) is 0 Å². The van der Waals surface area contributed by atoms with Crippen molar-refractivity contribution in [1.29, 1.82) is 0 Å². The van der Waals surface area contributed by atoms with Gasteiger partial charge in [0, 0.05) is 48.3 Å². The van der Waals surface area contributed by atoms with E-state index in [4.69, 9.17) is 15.5 Å². The van der Waals surface area contributed by atoms with Gasteiger partial charge in [-0.25, -0.2) is 15.0 Å². The number of anilines is 2. The molecule has 3 aromatic heterocycles. The number of pyridine rings is 1. The highest BCUT2D eigenvalue weighted by Gasteiger charge is 2.32. The first kappa shape index (κ1) is 28.6. The first-order chi connectivity index (χ1) is 20.7. The maximum atomic E-state index is 13.0. The molecule has 1 saturated carbocycles. The molecule has 1 aliphatic carbocycles. The van der Waals surface area contributed by atoms with Gasteiger partial charge in [0.1, 0.15) is 34.8 Å². The van der Waals surface area contributed by atoms with Crippen LogP contribution in [0.3, 0.4) is 0 Å². The fraction of sp³-hybridized carbons (Fsp3) is 0.367. The normalized spacial score (nSPS) is 20.7. The molecule has 4 N–H and O–H groups in total. The van der Waals surface area contributed by atoms with Crippen molar-refractivity contribution in [3.8, 4) is 11.3 Å². The number of rotatable bonds is 6. The third-order valence-electron chi connectivity index (χ3n) is 7.97. The maximum Gasteiger partial charge on any atom is 0.416 e. The van der Waals surface area contributed by atoms with Crippen molar-refractivity contribution >= 4 is 29.0 Å². The van der Waals surface area contributed by atoms with Gasteiger partial charge >= 0.3 is 6.18 Å². The van der Waals surface area contributed by atoms with Gasteiger partial charge in [-0.1, -0.05) is 18.6 Å². The van der Waals surface area contributed by atoms with Crippen LogP contribution in [0.25, 0.3) is 16.8 Å². The minimum Gasteiger partial charge on any atom is -0.382 e. The Morgan fingerprint density at radius 1 is 1.02 bits per heavy atom. The van der Waals surface area contributed by atoms with Crippen molar-refractivity contribution in [1.82, 2.24) is 24.7 Å². The monoisotopic (exact) mass is 593 g/mol. The Hall–Kier alpha value is -4.52. The SMILES string of the molecule is Nc1nccn2c(C3CCCC(NC(=O)C4CCCO4)C3)nc(-c3ccc(C(=O)Nc4cc(C(F)(F)F)ccn4)cc3)c12. The number of alkyl halides is 3. The van der Waals surface area contributed by atoms with Crippen LogP contribution in [0.1, 0.15) is 66.2 Å². The molecule has 4 heterocycles. The van der Waals surface area contributed by atoms with Crippen LogP contribution in [-0.4, -0.2) is 49.9 Å². The number of benzene rings is 1. The van der Waals surface area contributed by atoms with Crippen LogP contribution in [0, 0.1) is 0 Å². The molecule has 13 heteroatoms. The predicted molar refractivity (Wildman–Crippen MR) is 152 cm³/mol. The van der Waals surface area contributed by atoms with Gasteiger partial charge in [0.15, 0.2) is 0 Å². The summed E-state index contributed by atoms with van der Waals surface area (Å²) in [5.41, 5.74) is 7.56. The number of imidazole rings is 1. The van der Waals surface area contributed by atoms with E-state index in [2.05, 4.69) is 20.6 Å². The highest BCUT2D eigenvalue weighted by molar-refractivity contribution is 6.04. The highest BCUT2D eigenvalue weighted by atomic mass is 19.4. The van der Waals surface area contributed by atoms with Crippen molar-refractivity contribution in [2.75, 3.05) is 17.7 Å². The van der Waals surface area contributed by atoms with Crippen molar-refractivity contribution in [3.63, 3.8) is 0 Å². The minimum atomic E-state index is -4.55. The number of nitrogens with two attached hydrogens (primary N) is 1. The standard InChI is InChI=1S/C30H30F3N7O3/c31-30(32,33)20-10-11-35-23(16-20)38-28(41)18-8-6-17(7-9-18)24-25-26(34)36-12-13-40(25)27(39-24)19-3-1-4-21(15-19)37-29(42)22-5-2-14-43-22/h6-13,16,19,21-22H,1-5,14-15H2,(H2,34,36)(H,37,42)(H,35,38,41). The summed E-state index contributed by atoms with van der Waals surface area (Å²) in [4.78, 5) is 38.5. The molecule has 224 valence electrons. The molecule has 0 spiro atoms. The second kappa shape index (κ2) is 11.6. The van der Waals surface area contributed by atoms with Crippen LogP contribution in [-0.2, 0) is 15.7 Å². The lowest BCUT2D eigenvalue weighted by Gasteiger charge is -2.29. The van der Waals surface area contributed by atoms with E-state index >= 15 is 0 Å². The smallest absolute Gasteiger partial charge is 0.382 e. The highest BCUT2D eigenvalue weighted by Crippen LogP contribution is 2.37. The number of nitrogen functional groups attached to an aromatic ring is 1. The Morgan fingerprint density at radius 2 is 1.84 bits per heavy atom. The van der Waals surface area contributed by atoms with Crippen molar-refractivity contribution in [2.24, 2.45) is 0 Å². The first-order valence-electron chi connectivity index (χ1n) is 14.2. The number of carbonyl (C=O) groups is 2. The summed E-state index contributed by atoms with van der Waals surface area (Å²) in [6, 6.07) is 8.17. The number of nitrogens with one attached hydrogen (secondary N) is 2. The van der Waals surface area contributed by atoms with E-state index in [-0.39, 0.29) is 35.4 Å². The number of halogens is 3. The average molecular weight is 594 g/mol. The second-order valence-corrected chi connectivity index (χ2v) is 10.9. The average Bonchev–Trinajstić information content (AvgIpc) is 3.67. The molecule has 1 saturated heterocycles. The van der Waals surface area contributed by atoms with E-state index < -0.39 is 17.6 Å². The van der Waals surface area contributed by atoms with Gasteiger partial charge in [-0.3, -0.25) is 14.0 Å². The topological polar surface area (TPSA) is 137 Å². The van der Waals surface area contributed by atoms with Gasteiger partial charge < -0.3 is 21.1 Å². The molecule has 6 rings (SSSR count). The molecule has 0 bridgehead atoms. The molecule has 3 atom stereocenters. The number of hydrogen-bond donors (Lipinski definition) is 3. The number of amides is 2. The van der Waals surface area contributed by atoms with Crippen LogP contribution in [0.4, 0.5) is 24.8 Å². The summed E-state index contributed by atoms with van der Waals surface area (Å²) >= 11 is 0. The molecular weight excluding hydrogens is 563 g/mol. The fourth-order valence-corrected chi connectivity index (χ4v) is 5.85. The number of aromatic nitrogens is 4. The molecule has 1 aliphatic heterocycles. The fourth-order valence-electron chi connectivity index (χ4n) is 5.85. The lowest BCUT2D eigenvalue weighted by Crippen LogP contribution is -2.43. The van der Waals surface area contributed by atoms with Crippen molar-refractivity contribution in [3.05, 3.63) is 71.9 Å². The third-order valence-corrected chi connectivity index (χ3v) is 7.97. The van der Waals surface area contributed by atoms with Gasteiger partial charge in [0.05, 0.1) is 5.56 Å². The summed E-state index contributed by atoms with van der Waals surface area (Å²) in [6.07, 6.45) is 4.56. The number of carbonyl (C=O) groups excluding carboxylic acids is 2. The summed E-state index contributed by atoms with van der Waals surface area (Å²) < 4.78 is 46.6. The minimum absolute atomic E-state index is 0.00884. The molecule has 2 aliphatic rings. The molecule has 2 amide bonds. The summed E-state index contributed by atoms with van der Waals surface area (Å²) in [7, 11) is 0. The van der Waals surface area contributed by atoms with Crippen LogP contribution in [0.15, 0.2) is 55.0 Å². The molecule has 4 aromatic rings. The molecule has 43 heavy (non-hydrogen) atoms. The Labute approximate surface area is 244 Å². The Bertz CT molecular complexity index is 1650. The Kier molecular flexibility index (Phi) is 7.74. The van der Waals surface area contributed by atoms with E-state index in [1.807, 2.05) is 10.6 Å². The number of hydrogen-bond acceptors (Lipinski definition) is 7. The lowest BCUT2D eigenvalue weighted by atomic mass is 9.85. The Morgan fingerprint density at radius 3 is 2.58 bits per heavy atom. The van der Waals surface area contributed by atoms with Gasteiger partial charge in [0.25, 0.3) is 5.91 Å².